The molecule has 0 spiro atoms. The highest BCUT2D eigenvalue weighted by atomic mass is 32.2. The number of piperidine rings is 1. The van der Waals surface area contributed by atoms with Gasteiger partial charge in [-0.2, -0.15) is 5.26 Å². The lowest BCUT2D eigenvalue weighted by Gasteiger charge is -2.34. The summed E-state index contributed by atoms with van der Waals surface area (Å²) in [6.45, 7) is 1.19. The molecule has 0 aromatic heterocycles. The Labute approximate surface area is 257 Å². The Morgan fingerprint density at radius 2 is 1.48 bits per heavy atom. The van der Waals surface area contributed by atoms with Crippen LogP contribution in [-0.4, -0.2) is 49.0 Å². The fourth-order valence-electron chi connectivity index (χ4n) is 6.33. The van der Waals surface area contributed by atoms with E-state index in [4.69, 9.17) is 0 Å². The second kappa shape index (κ2) is 12.1. The first-order valence-corrected chi connectivity index (χ1v) is 16.4. The van der Waals surface area contributed by atoms with Crippen molar-refractivity contribution in [3.05, 3.63) is 113 Å². The number of benzene rings is 4. The third-order valence-corrected chi connectivity index (χ3v) is 10.8. The maximum atomic E-state index is 14.4. The van der Waals surface area contributed by atoms with Gasteiger partial charge in [-0.1, -0.05) is 66.7 Å². The molecule has 1 saturated heterocycles. The van der Waals surface area contributed by atoms with Gasteiger partial charge in [0.15, 0.2) is 4.75 Å². The maximum Gasteiger partial charge on any atom is 0.248 e. The van der Waals surface area contributed by atoms with E-state index in [0.29, 0.717) is 24.3 Å². The van der Waals surface area contributed by atoms with E-state index in [1.165, 1.54) is 0 Å². The van der Waals surface area contributed by atoms with E-state index in [-0.39, 0.29) is 25.2 Å². The third kappa shape index (κ3) is 5.78. The minimum absolute atomic E-state index is 0.0145. The van der Waals surface area contributed by atoms with E-state index in [2.05, 4.69) is 16.1 Å². The SMILES string of the molecule is N#Cc1ccc(CC(NC(=O)C2(S(=O)(=O)Nc3ccc4ccccc4c3)Cc3ccccc3C2)C(=O)N2CCCCC2)cc1. The molecule has 8 nitrogen and oxygen atoms in total. The first kappa shape index (κ1) is 29.4. The number of likely N-dealkylation sites (tertiary alicyclic amines) is 1. The number of amides is 2. The lowest BCUT2D eigenvalue weighted by atomic mass is 9.99. The second-order valence-electron chi connectivity index (χ2n) is 11.7. The molecule has 1 aliphatic heterocycles. The largest absolute Gasteiger partial charge is 0.343 e. The lowest BCUT2D eigenvalue weighted by Crippen LogP contribution is -2.60. The molecule has 9 heteroatoms. The van der Waals surface area contributed by atoms with Gasteiger partial charge in [0.2, 0.25) is 21.8 Å². The monoisotopic (exact) mass is 606 g/mol. The number of nitrogens with one attached hydrogen (secondary N) is 2. The molecule has 1 atom stereocenters. The highest BCUT2D eigenvalue weighted by Crippen LogP contribution is 2.38. The fraction of sp³-hybridized carbons (Fsp3) is 0.286. The van der Waals surface area contributed by atoms with Crippen molar-refractivity contribution in [1.29, 1.82) is 5.26 Å². The molecule has 2 aliphatic rings. The number of nitriles is 1. The smallest absolute Gasteiger partial charge is 0.248 e. The molecule has 0 saturated carbocycles. The molecule has 1 aliphatic carbocycles. The van der Waals surface area contributed by atoms with Gasteiger partial charge in [0, 0.05) is 38.0 Å². The Morgan fingerprint density at radius 3 is 2.14 bits per heavy atom. The fourth-order valence-corrected chi connectivity index (χ4v) is 7.96. The van der Waals surface area contributed by atoms with Crippen LogP contribution in [0.2, 0.25) is 0 Å². The van der Waals surface area contributed by atoms with E-state index in [0.717, 1.165) is 46.7 Å². The number of nitrogens with zero attached hydrogens (tertiary/aromatic N) is 2. The quantitative estimate of drug-likeness (QED) is 0.301. The first-order chi connectivity index (χ1) is 21.3. The molecule has 4 aromatic carbocycles. The zero-order valence-electron chi connectivity index (χ0n) is 24.3. The Hall–Kier alpha value is -4.68. The molecule has 4 aromatic rings. The molecular formula is C35H34N4O4S. The molecule has 1 unspecified atom stereocenters. The predicted molar refractivity (Wildman–Crippen MR) is 170 cm³/mol. The zero-order valence-corrected chi connectivity index (χ0v) is 25.1. The second-order valence-corrected chi connectivity index (χ2v) is 13.7. The summed E-state index contributed by atoms with van der Waals surface area (Å²) in [6, 6.07) is 28.3. The van der Waals surface area contributed by atoms with Crippen LogP contribution < -0.4 is 10.0 Å². The summed E-state index contributed by atoms with van der Waals surface area (Å²) in [7, 11) is -4.31. The molecule has 2 amide bonds. The number of rotatable bonds is 8. The van der Waals surface area contributed by atoms with Crippen molar-refractivity contribution in [2.45, 2.75) is 49.3 Å². The van der Waals surface area contributed by atoms with Gasteiger partial charge in [-0.15, -0.1) is 0 Å². The molecule has 6 rings (SSSR count). The van der Waals surface area contributed by atoms with Gasteiger partial charge in [-0.05, 0) is 71.0 Å². The number of carbonyl (C=O) groups excluding carboxylic acids is 2. The van der Waals surface area contributed by atoms with Gasteiger partial charge in [0.25, 0.3) is 0 Å². The van der Waals surface area contributed by atoms with Crippen molar-refractivity contribution in [3.8, 4) is 6.07 Å². The van der Waals surface area contributed by atoms with Gasteiger partial charge in [-0.3, -0.25) is 14.3 Å². The van der Waals surface area contributed by atoms with E-state index < -0.39 is 26.7 Å². The van der Waals surface area contributed by atoms with Gasteiger partial charge in [-0.25, -0.2) is 8.42 Å². The van der Waals surface area contributed by atoms with Crippen molar-refractivity contribution in [2.24, 2.45) is 0 Å². The highest BCUT2D eigenvalue weighted by molar-refractivity contribution is 7.94. The number of anilines is 1. The molecule has 1 heterocycles. The average molecular weight is 607 g/mol. The molecule has 0 bridgehead atoms. The Balaban J connectivity index is 1.34. The predicted octanol–water partition coefficient (Wildman–Crippen LogP) is 4.73. The Kier molecular flexibility index (Phi) is 8.11. The van der Waals surface area contributed by atoms with E-state index in [1.807, 2.05) is 54.6 Å². The van der Waals surface area contributed by atoms with Crippen LogP contribution in [0.5, 0.6) is 0 Å². The van der Waals surface area contributed by atoms with Crippen molar-refractivity contribution in [1.82, 2.24) is 10.2 Å². The molecule has 0 radical (unpaired) electrons. The molecule has 1 fully saturated rings. The molecular weight excluding hydrogens is 572 g/mol. The maximum absolute atomic E-state index is 14.4. The summed E-state index contributed by atoms with van der Waals surface area (Å²) >= 11 is 0. The minimum atomic E-state index is -4.31. The number of fused-ring (bicyclic) bond motifs is 2. The van der Waals surface area contributed by atoms with Gasteiger partial charge in [0.05, 0.1) is 11.6 Å². The first-order valence-electron chi connectivity index (χ1n) is 14.9. The van der Waals surface area contributed by atoms with E-state index >= 15 is 0 Å². The number of carbonyl (C=O) groups is 2. The highest BCUT2D eigenvalue weighted by Gasteiger charge is 2.55. The van der Waals surface area contributed by atoms with Crippen LogP contribution in [0.25, 0.3) is 10.8 Å². The van der Waals surface area contributed by atoms with Gasteiger partial charge >= 0.3 is 0 Å². The van der Waals surface area contributed by atoms with Crippen LogP contribution in [0, 0.1) is 11.3 Å². The van der Waals surface area contributed by atoms with Gasteiger partial charge in [0.1, 0.15) is 6.04 Å². The summed E-state index contributed by atoms with van der Waals surface area (Å²) < 4.78 is 29.6. The summed E-state index contributed by atoms with van der Waals surface area (Å²) in [5.74, 6) is -0.932. The Bertz CT molecular complexity index is 1830. The minimum Gasteiger partial charge on any atom is -0.343 e. The molecule has 224 valence electrons. The summed E-state index contributed by atoms with van der Waals surface area (Å²) in [5, 5.41) is 14.0. The van der Waals surface area contributed by atoms with Crippen LogP contribution in [0.4, 0.5) is 5.69 Å². The molecule has 2 N–H and O–H groups in total. The van der Waals surface area contributed by atoms with E-state index in [1.54, 1.807) is 41.3 Å². The Morgan fingerprint density at radius 1 is 0.841 bits per heavy atom. The van der Waals surface area contributed by atoms with Crippen molar-refractivity contribution < 1.29 is 18.0 Å². The number of hydrogen-bond acceptors (Lipinski definition) is 5. The van der Waals surface area contributed by atoms with Crippen LogP contribution in [0.15, 0.2) is 91.0 Å². The van der Waals surface area contributed by atoms with Crippen LogP contribution in [0.3, 0.4) is 0 Å². The lowest BCUT2D eigenvalue weighted by molar-refractivity contribution is -0.137. The number of sulfonamides is 1. The third-order valence-electron chi connectivity index (χ3n) is 8.79. The van der Waals surface area contributed by atoms with Crippen LogP contribution in [-0.2, 0) is 38.9 Å². The zero-order chi connectivity index (χ0) is 30.7. The standard InChI is InChI=1S/C35H34N4O4S/c36-24-26-14-12-25(13-15-26)20-32(33(40)39-18-6-1-7-19-39)37-34(41)35(22-29-10-4-5-11-30(29)23-35)44(42,43)38-31-17-16-27-8-2-3-9-28(27)21-31/h2-5,8-17,21,32,38H,1,6-7,18-20,22-23H2,(H,37,41). The summed E-state index contributed by atoms with van der Waals surface area (Å²) in [6.07, 6.45) is 2.95. The topological polar surface area (TPSA) is 119 Å². The van der Waals surface area contributed by atoms with Crippen LogP contribution in [0.1, 0.15) is 41.5 Å². The molecule has 44 heavy (non-hydrogen) atoms. The number of hydrogen-bond donors (Lipinski definition) is 2. The summed E-state index contributed by atoms with van der Waals surface area (Å²) in [4.78, 5) is 30.0. The van der Waals surface area contributed by atoms with Crippen molar-refractivity contribution in [2.75, 3.05) is 17.8 Å². The van der Waals surface area contributed by atoms with Crippen molar-refractivity contribution in [3.63, 3.8) is 0 Å². The summed E-state index contributed by atoms with van der Waals surface area (Å²) in [5.41, 5.74) is 3.20. The normalized spacial score (nSPS) is 16.5. The van der Waals surface area contributed by atoms with Gasteiger partial charge < -0.3 is 10.2 Å². The van der Waals surface area contributed by atoms with E-state index in [9.17, 15) is 23.3 Å². The average Bonchev–Trinajstić information content (AvgIpc) is 3.47. The van der Waals surface area contributed by atoms with Crippen LogP contribution >= 0.6 is 0 Å². The van der Waals surface area contributed by atoms with Crippen molar-refractivity contribution >= 4 is 38.3 Å².